The molecule has 0 amide bonds. The predicted octanol–water partition coefficient (Wildman–Crippen LogP) is 3.44. The smallest absolute Gasteiger partial charge is 0.347 e. The first-order chi connectivity index (χ1) is 10.2. The summed E-state index contributed by atoms with van der Waals surface area (Å²) in [5.74, 6) is -3.20. The molecule has 1 rings (SSSR count). The molecule has 0 unspecified atom stereocenters. The topological polar surface area (TPSA) is 27.6 Å². The highest BCUT2D eigenvalue weighted by Crippen LogP contribution is 2.23. The van der Waals surface area contributed by atoms with Gasteiger partial charge < -0.3 is 10.3 Å². The molecular weight excluding hydrogens is 305 g/mol. The highest BCUT2D eigenvalue weighted by molar-refractivity contribution is 5.87. The van der Waals surface area contributed by atoms with E-state index in [1.165, 1.54) is 14.0 Å². The lowest BCUT2D eigenvalue weighted by molar-refractivity contribution is -0.0696. The Balaban J connectivity index is 3.19. The van der Waals surface area contributed by atoms with E-state index in [9.17, 15) is 22.0 Å². The number of hydrazone groups is 1. The van der Waals surface area contributed by atoms with Crippen molar-refractivity contribution in [1.29, 1.82) is 0 Å². The van der Waals surface area contributed by atoms with Crippen molar-refractivity contribution in [2.24, 2.45) is 5.10 Å². The summed E-state index contributed by atoms with van der Waals surface area (Å²) in [6.45, 7) is 3.06. The molecule has 0 radical (unpaired) electrons. The molecule has 1 aromatic carbocycles. The van der Waals surface area contributed by atoms with Gasteiger partial charge in [-0.25, -0.2) is 8.78 Å². The van der Waals surface area contributed by atoms with Crippen molar-refractivity contribution in [3.05, 3.63) is 34.9 Å². The monoisotopic (exact) mass is 323 g/mol. The average Bonchev–Trinajstić information content (AvgIpc) is 2.44. The maximum Gasteiger partial charge on any atom is 0.451 e. The molecule has 1 N–H and O–H groups in total. The SMILES string of the molecule is CCc1cc(F)c(F)cc1CN(CC)/C(=N\NC)C(F)(F)F. The first-order valence-electron chi connectivity index (χ1n) is 6.77. The third-order valence-corrected chi connectivity index (χ3v) is 3.14. The normalized spacial score (nSPS) is 12.5. The van der Waals surface area contributed by atoms with Crippen molar-refractivity contribution >= 4 is 5.84 Å². The van der Waals surface area contributed by atoms with E-state index in [1.807, 2.05) is 0 Å². The molecule has 0 spiro atoms. The summed E-state index contributed by atoms with van der Waals surface area (Å²) in [5.41, 5.74) is 2.88. The number of amidine groups is 1. The third-order valence-electron chi connectivity index (χ3n) is 3.14. The van der Waals surface area contributed by atoms with E-state index in [2.05, 4.69) is 10.5 Å². The summed E-state index contributed by atoms with van der Waals surface area (Å²) in [6, 6.07) is 1.95. The van der Waals surface area contributed by atoms with Crippen LogP contribution in [0.4, 0.5) is 22.0 Å². The Kier molecular flexibility index (Phi) is 6.13. The Morgan fingerprint density at radius 2 is 1.68 bits per heavy atom. The van der Waals surface area contributed by atoms with E-state index in [0.717, 1.165) is 17.0 Å². The van der Waals surface area contributed by atoms with Gasteiger partial charge in [-0.05, 0) is 36.6 Å². The number of hydrogen-bond acceptors (Lipinski definition) is 2. The van der Waals surface area contributed by atoms with Crippen LogP contribution in [0.2, 0.25) is 0 Å². The van der Waals surface area contributed by atoms with Crippen LogP contribution < -0.4 is 5.43 Å². The molecule has 0 aromatic heterocycles. The van der Waals surface area contributed by atoms with Crippen LogP contribution in [0.1, 0.15) is 25.0 Å². The van der Waals surface area contributed by atoms with E-state index in [0.29, 0.717) is 17.5 Å². The van der Waals surface area contributed by atoms with E-state index in [-0.39, 0.29) is 13.1 Å². The molecule has 8 heteroatoms. The number of rotatable bonds is 5. The van der Waals surface area contributed by atoms with Crippen molar-refractivity contribution < 1.29 is 22.0 Å². The molecule has 0 heterocycles. The zero-order valence-electron chi connectivity index (χ0n) is 12.6. The summed E-state index contributed by atoms with van der Waals surface area (Å²) in [7, 11) is 1.26. The second-order valence-electron chi connectivity index (χ2n) is 4.56. The standard InChI is InChI=1S/C14H18F5N3/c1-4-9-6-11(15)12(16)7-10(9)8-22(5-2)13(21-20-3)14(17,18)19/h6-7,20H,4-5,8H2,1-3H3/b21-13-. The van der Waals surface area contributed by atoms with Crippen LogP contribution in [0.15, 0.2) is 17.2 Å². The zero-order valence-corrected chi connectivity index (χ0v) is 12.6. The molecule has 0 saturated carbocycles. The molecule has 0 bridgehead atoms. The minimum absolute atomic E-state index is 0.0160. The third kappa shape index (κ3) is 4.32. The Labute approximate surface area is 125 Å². The second-order valence-corrected chi connectivity index (χ2v) is 4.56. The molecule has 3 nitrogen and oxygen atoms in total. The summed E-state index contributed by atoms with van der Waals surface area (Å²) in [6.07, 6.45) is -4.27. The van der Waals surface area contributed by atoms with E-state index >= 15 is 0 Å². The van der Waals surface area contributed by atoms with Gasteiger partial charge in [-0.15, -0.1) is 0 Å². The second kappa shape index (κ2) is 7.42. The van der Waals surface area contributed by atoms with Gasteiger partial charge in [0.15, 0.2) is 11.6 Å². The van der Waals surface area contributed by atoms with Crippen LogP contribution in [-0.2, 0) is 13.0 Å². The Morgan fingerprint density at radius 1 is 1.14 bits per heavy atom. The van der Waals surface area contributed by atoms with Crippen LogP contribution >= 0.6 is 0 Å². The number of hydrogen-bond donors (Lipinski definition) is 1. The summed E-state index contributed by atoms with van der Waals surface area (Å²) >= 11 is 0. The van der Waals surface area contributed by atoms with Gasteiger partial charge in [0, 0.05) is 20.1 Å². The molecule has 22 heavy (non-hydrogen) atoms. The Bertz CT molecular complexity index is 540. The highest BCUT2D eigenvalue weighted by Gasteiger charge is 2.40. The largest absolute Gasteiger partial charge is 0.451 e. The maximum atomic E-state index is 13.4. The van der Waals surface area contributed by atoms with E-state index in [1.54, 1.807) is 6.92 Å². The lowest BCUT2D eigenvalue weighted by atomic mass is 10.0. The van der Waals surface area contributed by atoms with Gasteiger partial charge in [0.05, 0.1) is 0 Å². The number of nitrogens with one attached hydrogen (secondary N) is 1. The Morgan fingerprint density at radius 3 is 2.09 bits per heavy atom. The quantitative estimate of drug-likeness (QED) is 0.389. The molecule has 0 atom stereocenters. The summed E-state index contributed by atoms with van der Waals surface area (Å²) in [5, 5.41) is 3.26. The number of aryl methyl sites for hydroxylation is 1. The van der Waals surface area contributed by atoms with Crippen LogP contribution in [-0.4, -0.2) is 30.5 Å². The fourth-order valence-electron chi connectivity index (χ4n) is 2.07. The van der Waals surface area contributed by atoms with Crippen LogP contribution in [0.3, 0.4) is 0 Å². The lowest BCUT2D eigenvalue weighted by Gasteiger charge is -2.26. The first-order valence-corrected chi connectivity index (χ1v) is 6.77. The van der Waals surface area contributed by atoms with Gasteiger partial charge in [0.2, 0.25) is 5.84 Å². The van der Waals surface area contributed by atoms with Gasteiger partial charge in [-0.3, -0.25) is 0 Å². The van der Waals surface area contributed by atoms with Gasteiger partial charge >= 0.3 is 6.18 Å². The van der Waals surface area contributed by atoms with Gasteiger partial charge in [0.1, 0.15) is 0 Å². The number of benzene rings is 1. The lowest BCUT2D eigenvalue weighted by Crippen LogP contribution is -2.42. The van der Waals surface area contributed by atoms with E-state index < -0.39 is 23.6 Å². The highest BCUT2D eigenvalue weighted by atomic mass is 19.4. The fourth-order valence-corrected chi connectivity index (χ4v) is 2.07. The summed E-state index contributed by atoms with van der Waals surface area (Å²) < 4.78 is 65.7. The molecule has 1 aromatic rings. The van der Waals surface area contributed by atoms with Gasteiger partial charge in [-0.2, -0.15) is 18.3 Å². The molecule has 0 saturated heterocycles. The van der Waals surface area contributed by atoms with Crippen molar-refractivity contribution in [2.45, 2.75) is 33.0 Å². The van der Waals surface area contributed by atoms with Crippen molar-refractivity contribution in [1.82, 2.24) is 10.3 Å². The van der Waals surface area contributed by atoms with Crippen LogP contribution in [0.5, 0.6) is 0 Å². The zero-order chi connectivity index (χ0) is 16.9. The van der Waals surface area contributed by atoms with Crippen molar-refractivity contribution in [3.8, 4) is 0 Å². The van der Waals surface area contributed by atoms with Crippen LogP contribution in [0, 0.1) is 11.6 Å². The summed E-state index contributed by atoms with van der Waals surface area (Å²) in [4.78, 5) is 0.961. The molecule has 0 fully saturated rings. The molecular formula is C14H18F5N3. The molecule has 0 aliphatic carbocycles. The fraction of sp³-hybridized carbons (Fsp3) is 0.500. The number of nitrogens with zero attached hydrogens (tertiary/aromatic N) is 2. The predicted molar refractivity (Wildman–Crippen MR) is 74.4 cm³/mol. The van der Waals surface area contributed by atoms with Crippen LogP contribution in [0.25, 0.3) is 0 Å². The van der Waals surface area contributed by atoms with E-state index in [4.69, 9.17) is 0 Å². The van der Waals surface area contributed by atoms with Crippen molar-refractivity contribution in [3.63, 3.8) is 0 Å². The van der Waals surface area contributed by atoms with Gasteiger partial charge in [0.25, 0.3) is 0 Å². The van der Waals surface area contributed by atoms with Crippen molar-refractivity contribution in [2.75, 3.05) is 13.6 Å². The molecule has 124 valence electrons. The Hall–Kier alpha value is -1.86. The number of alkyl halides is 3. The minimum Gasteiger partial charge on any atom is -0.347 e. The molecule has 0 aliphatic heterocycles. The first kappa shape index (κ1) is 18.2. The minimum atomic E-state index is -4.65. The van der Waals surface area contributed by atoms with Gasteiger partial charge in [-0.1, -0.05) is 6.92 Å². The maximum absolute atomic E-state index is 13.4. The molecule has 0 aliphatic rings. The average molecular weight is 323 g/mol. The number of halogens is 5.